The van der Waals surface area contributed by atoms with Gasteiger partial charge < -0.3 is 10.2 Å². The Morgan fingerprint density at radius 2 is 1.79 bits per heavy atom. The van der Waals surface area contributed by atoms with Crippen molar-refractivity contribution >= 4 is 0 Å². The molecule has 0 radical (unpaired) electrons. The van der Waals surface area contributed by atoms with Gasteiger partial charge in [-0.15, -0.1) is 0 Å². The standard InChI is InChI=1S/C12H26N2/c1-11(13-10-12(2,3)4)9-14-7-5-6-8-14/h11,13H,5-10H2,1-4H3. The van der Waals surface area contributed by atoms with Crippen LogP contribution in [0.2, 0.25) is 0 Å². The van der Waals surface area contributed by atoms with Crippen molar-refractivity contribution in [3.63, 3.8) is 0 Å². The van der Waals surface area contributed by atoms with Crippen molar-refractivity contribution in [3.8, 4) is 0 Å². The molecule has 1 heterocycles. The van der Waals surface area contributed by atoms with Gasteiger partial charge in [0.2, 0.25) is 0 Å². The molecule has 1 aliphatic rings. The predicted molar refractivity (Wildman–Crippen MR) is 62.6 cm³/mol. The summed E-state index contributed by atoms with van der Waals surface area (Å²) in [6.45, 7) is 14.1. The molecule has 0 saturated carbocycles. The van der Waals surface area contributed by atoms with Gasteiger partial charge in [-0.25, -0.2) is 0 Å². The maximum Gasteiger partial charge on any atom is 0.0166 e. The molecular weight excluding hydrogens is 172 g/mol. The van der Waals surface area contributed by atoms with Crippen LogP contribution in [0.1, 0.15) is 40.5 Å². The van der Waals surface area contributed by atoms with Crippen LogP contribution in [0.4, 0.5) is 0 Å². The number of nitrogens with one attached hydrogen (secondary N) is 1. The topological polar surface area (TPSA) is 15.3 Å². The average molecular weight is 198 g/mol. The van der Waals surface area contributed by atoms with Gasteiger partial charge in [0.15, 0.2) is 0 Å². The Morgan fingerprint density at radius 3 is 2.29 bits per heavy atom. The van der Waals surface area contributed by atoms with E-state index < -0.39 is 0 Å². The Labute approximate surface area is 89.1 Å². The highest BCUT2D eigenvalue weighted by molar-refractivity contribution is 4.74. The average Bonchev–Trinajstić information content (AvgIpc) is 2.52. The van der Waals surface area contributed by atoms with Crippen molar-refractivity contribution in [1.82, 2.24) is 10.2 Å². The lowest BCUT2D eigenvalue weighted by molar-refractivity contribution is 0.277. The fraction of sp³-hybridized carbons (Fsp3) is 1.00. The first-order valence-electron chi connectivity index (χ1n) is 5.93. The summed E-state index contributed by atoms with van der Waals surface area (Å²) in [5.74, 6) is 0. The minimum absolute atomic E-state index is 0.402. The van der Waals surface area contributed by atoms with E-state index in [1.165, 1.54) is 32.5 Å². The molecular formula is C12H26N2. The summed E-state index contributed by atoms with van der Waals surface area (Å²) in [6.07, 6.45) is 2.79. The minimum atomic E-state index is 0.402. The first-order valence-corrected chi connectivity index (χ1v) is 5.93. The quantitative estimate of drug-likeness (QED) is 0.744. The van der Waals surface area contributed by atoms with Crippen LogP contribution in [-0.2, 0) is 0 Å². The normalized spacial score (nSPS) is 21.4. The Morgan fingerprint density at radius 1 is 1.21 bits per heavy atom. The van der Waals surface area contributed by atoms with Gasteiger partial charge in [-0.3, -0.25) is 0 Å². The largest absolute Gasteiger partial charge is 0.312 e. The van der Waals surface area contributed by atoms with Crippen LogP contribution in [0.3, 0.4) is 0 Å². The van der Waals surface area contributed by atoms with Gasteiger partial charge >= 0.3 is 0 Å². The monoisotopic (exact) mass is 198 g/mol. The maximum absolute atomic E-state index is 3.61. The molecule has 0 bridgehead atoms. The van der Waals surface area contributed by atoms with E-state index in [1.54, 1.807) is 0 Å². The molecule has 1 atom stereocenters. The summed E-state index contributed by atoms with van der Waals surface area (Å²) in [5.41, 5.74) is 0.402. The summed E-state index contributed by atoms with van der Waals surface area (Å²) in [7, 11) is 0. The highest BCUT2D eigenvalue weighted by Crippen LogP contribution is 2.11. The molecule has 1 fully saturated rings. The van der Waals surface area contributed by atoms with Gasteiger partial charge in [0, 0.05) is 19.1 Å². The SMILES string of the molecule is CC(CN1CCCC1)NCC(C)(C)C. The molecule has 1 rings (SSSR count). The van der Waals surface area contributed by atoms with Gasteiger partial charge in [-0.1, -0.05) is 20.8 Å². The Balaban J connectivity index is 2.12. The van der Waals surface area contributed by atoms with Crippen LogP contribution in [0, 0.1) is 5.41 Å². The molecule has 0 aliphatic carbocycles. The molecule has 0 aromatic rings. The lowest BCUT2D eigenvalue weighted by Crippen LogP contribution is -2.41. The zero-order chi connectivity index (χ0) is 10.6. The van der Waals surface area contributed by atoms with E-state index in [9.17, 15) is 0 Å². The smallest absolute Gasteiger partial charge is 0.0166 e. The lowest BCUT2D eigenvalue weighted by atomic mass is 9.96. The van der Waals surface area contributed by atoms with Gasteiger partial charge in [-0.05, 0) is 38.3 Å². The summed E-state index contributed by atoms with van der Waals surface area (Å²) < 4.78 is 0. The highest BCUT2D eigenvalue weighted by atomic mass is 15.2. The van der Waals surface area contributed by atoms with Crippen LogP contribution in [-0.4, -0.2) is 37.1 Å². The minimum Gasteiger partial charge on any atom is -0.312 e. The van der Waals surface area contributed by atoms with Crippen LogP contribution < -0.4 is 5.32 Å². The number of rotatable bonds is 4. The third kappa shape index (κ3) is 4.97. The van der Waals surface area contributed by atoms with Gasteiger partial charge in [0.05, 0.1) is 0 Å². The van der Waals surface area contributed by atoms with E-state index in [1.807, 2.05) is 0 Å². The molecule has 2 nitrogen and oxygen atoms in total. The first kappa shape index (κ1) is 12.0. The van der Waals surface area contributed by atoms with Gasteiger partial charge in [0.25, 0.3) is 0 Å². The number of hydrogen-bond acceptors (Lipinski definition) is 2. The fourth-order valence-electron chi connectivity index (χ4n) is 1.90. The van der Waals surface area contributed by atoms with Gasteiger partial charge in [-0.2, -0.15) is 0 Å². The Kier molecular flexibility index (Phi) is 4.39. The maximum atomic E-state index is 3.61. The number of likely N-dealkylation sites (tertiary alicyclic amines) is 1. The van der Waals surface area contributed by atoms with E-state index in [2.05, 4.69) is 37.9 Å². The summed E-state index contributed by atoms with van der Waals surface area (Å²) >= 11 is 0. The summed E-state index contributed by atoms with van der Waals surface area (Å²) in [6, 6.07) is 0.632. The highest BCUT2D eigenvalue weighted by Gasteiger charge is 2.16. The molecule has 2 heteroatoms. The third-order valence-corrected chi connectivity index (χ3v) is 2.71. The van der Waals surface area contributed by atoms with Crippen molar-refractivity contribution in [2.24, 2.45) is 5.41 Å². The number of hydrogen-bond donors (Lipinski definition) is 1. The van der Waals surface area contributed by atoms with Crippen LogP contribution in [0.25, 0.3) is 0 Å². The molecule has 0 aromatic heterocycles. The van der Waals surface area contributed by atoms with Crippen LogP contribution >= 0.6 is 0 Å². The zero-order valence-electron chi connectivity index (χ0n) is 10.3. The van der Waals surface area contributed by atoms with Gasteiger partial charge in [0.1, 0.15) is 0 Å². The molecule has 1 unspecified atom stereocenters. The zero-order valence-corrected chi connectivity index (χ0v) is 10.3. The molecule has 0 aromatic carbocycles. The van der Waals surface area contributed by atoms with Crippen molar-refractivity contribution in [3.05, 3.63) is 0 Å². The van der Waals surface area contributed by atoms with Crippen LogP contribution in [0.5, 0.6) is 0 Å². The molecule has 0 amide bonds. The Bertz CT molecular complexity index is 154. The molecule has 1 N–H and O–H groups in total. The molecule has 1 saturated heterocycles. The van der Waals surface area contributed by atoms with Crippen molar-refractivity contribution in [2.75, 3.05) is 26.2 Å². The van der Waals surface area contributed by atoms with Crippen LogP contribution in [0.15, 0.2) is 0 Å². The number of nitrogens with zero attached hydrogens (tertiary/aromatic N) is 1. The van der Waals surface area contributed by atoms with Crippen molar-refractivity contribution < 1.29 is 0 Å². The second-order valence-electron chi connectivity index (χ2n) is 5.85. The second kappa shape index (κ2) is 5.13. The van der Waals surface area contributed by atoms with E-state index in [0.717, 1.165) is 6.54 Å². The Hall–Kier alpha value is -0.0800. The van der Waals surface area contributed by atoms with E-state index in [4.69, 9.17) is 0 Å². The lowest BCUT2D eigenvalue weighted by Gasteiger charge is -2.25. The second-order valence-corrected chi connectivity index (χ2v) is 5.85. The third-order valence-electron chi connectivity index (χ3n) is 2.71. The summed E-state index contributed by atoms with van der Waals surface area (Å²) in [4.78, 5) is 2.57. The summed E-state index contributed by atoms with van der Waals surface area (Å²) in [5, 5.41) is 3.61. The van der Waals surface area contributed by atoms with E-state index in [-0.39, 0.29) is 0 Å². The first-order chi connectivity index (χ1) is 6.47. The molecule has 84 valence electrons. The van der Waals surface area contributed by atoms with E-state index >= 15 is 0 Å². The molecule has 14 heavy (non-hydrogen) atoms. The fourth-order valence-corrected chi connectivity index (χ4v) is 1.90. The van der Waals surface area contributed by atoms with E-state index in [0.29, 0.717) is 11.5 Å². The molecule has 1 aliphatic heterocycles. The van der Waals surface area contributed by atoms with Crippen molar-refractivity contribution in [2.45, 2.75) is 46.6 Å². The predicted octanol–water partition coefficient (Wildman–Crippen LogP) is 2.11. The van der Waals surface area contributed by atoms with Crippen molar-refractivity contribution in [1.29, 1.82) is 0 Å². The molecule has 0 spiro atoms.